The summed E-state index contributed by atoms with van der Waals surface area (Å²) in [5.41, 5.74) is 4.35. The maximum Gasteiger partial charge on any atom is 0.242 e. The Morgan fingerprint density at radius 2 is 1.50 bits per heavy atom. The van der Waals surface area contributed by atoms with Gasteiger partial charge in [-0.2, -0.15) is 0 Å². The number of carbonyl (C=O) groups excluding carboxylic acids is 2. The number of nitrogens with zero attached hydrogens (tertiary/aromatic N) is 1. The van der Waals surface area contributed by atoms with Crippen molar-refractivity contribution in [1.82, 2.24) is 10.2 Å². The Morgan fingerprint density at radius 3 is 2.06 bits per heavy atom. The molecule has 4 nitrogen and oxygen atoms in total. The molecule has 4 heteroatoms. The zero-order valence-corrected chi connectivity index (χ0v) is 20.5. The summed E-state index contributed by atoms with van der Waals surface area (Å²) in [6.45, 7) is 6.99. The smallest absolute Gasteiger partial charge is 0.242 e. The van der Waals surface area contributed by atoms with Crippen LogP contribution in [-0.2, 0) is 16.1 Å². The summed E-state index contributed by atoms with van der Waals surface area (Å²) >= 11 is 0. The van der Waals surface area contributed by atoms with Crippen LogP contribution < -0.4 is 5.32 Å². The van der Waals surface area contributed by atoms with Gasteiger partial charge in [0.15, 0.2) is 0 Å². The molecule has 3 rings (SSSR count). The average molecular weight is 457 g/mol. The van der Waals surface area contributed by atoms with E-state index >= 15 is 0 Å². The third-order valence-electron chi connectivity index (χ3n) is 6.21. The van der Waals surface area contributed by atoms with Crippen molar-refractivity contribution in [3.63, 3.8) is 0 Å². The van der Waals surface area contributed by atoms with E-state index in [1.54, 1.807) is 4.90 Å². The maximum atomic E-state index is 13.8. The Morgan fingerprint density at radius 1 is 0.882 bits per heavy atom. The Balaban J connectivity index is 1.88. The van der Waals surface area contributed by atoms with Gasteiger partial charge in [-0.15, -0.1) is 0 Å². The van der Waals surface area contributed by atoms with Crippen LogP contribution in [0.15, 0.2) is 84.9 Å². The van der Waals surface area contributed by atoms with Crippen molar-refractivity contribution in [1.29, 1.82) is 0 Å². The van der Waals surface area contributed by atoms with E-state index in [2.05, 4.69) is 42.6 Å². The number of benzene rings is 3. The van der Waals surface area contributed by atoms with Gasteiger partial charge in [0.1, 0.15) is 6.04 Å². The number of nitrogens with one attached hydrogen (secondary N) is 1. The summed E-state index contributed by atoms with van der Waals surface area (Å²) in [4.78, 5) is 28.5. The van der Waals surface area contributed by atoms with Gasteiger partial charge in [0.2, 0.25) is 11.8 Å². The molecule has 0 fully saturated rings. The summed E-state index contributed by atoms with van der Waals surface area (Å²) in [6, 6.07) is 27.8. The van der Waals surface area contributed by atoms with Gasteiger partial charge in [0.05, 0.1) is 0 Å². The van der Waals surface area contributed by atoms with Crippen molar-refractivity contribution < 1.29 is 9.59 Å². The van der Waals surface area contributed by atoms with Crippen LogP contribution in [0.4, 0.5) is 0 Å². The number of aryl methyl sites for hydroxylation is 1. The van der Waals surface area contributed by atoms with Crippen LogP contribution in [0.1, 0.15) is 61.3 Å². The van der Waals surface area contributed by atoms with Crippen molar-refractivity contribution in [2.24, 2.45) is 0 Å². The SMILES string of the molecule is CCCCNC(=O)[C@H](C)N(Cc1cccc(C)c1)C(=O)CC(c1ccccc1)c1ccccc1. The molecule has 0 aliphatic heterocycles. The Kier molecular flexibility index (Phi) is 9.45. The van der Waals surface area contributed by atoms with Gasteiger partial charge < -0.3 is 10.2 Å². The summed E-state index contributed by atoms with van der Waals surface area (Å²) in [6.07, 6.45) is 2.23. The molecule has 2 amide bonds. The van der Waals surface area contributed by atoms with Crippen LogP contribution in [0.3, 0.4) is 0 Å². The molecule has 0 heterocycles. The van der Waals surface area contributed by atoms with E-state index in [0.717, 1.165) is 35.1 Å². The Bertz CT molecular complexity index is 1010. The van der Waals surface area contributed by atoms with Crippen molar-refractivity contribution in [3.8, 4) is 0 Å². The van der Waals surface area contributed by atoms with Crippen molar-refractivity contribution >= 4 is 11.8 Å². The largest absolute Gasteiger partial charge is 0.354 e. The highest BCUT2D eigenvalue weighted by Crippen LogP contribution is 2.29. The molecule has 0 aliphatic rings. The molecular formula is C30H36N2O2. The standard InChI is InChI=1S/C30H36N2O2/c1-4-5-19-31-30(34)24(3)32(22-25-14-12-13-23(2)20-25)29(33)21-28(26-15-8-6-9-16-26)27-17-10-7-11-18-27/h6-18,20,24,28H,4-5,19,21-22H2,1-3H3,(H,31,34)/t24-/m0/s1. The first-order valence-corrected chi connectivity index (χ1v) is 12.2. The molecule has 0 spiro atoms. The first-order chi connectivity index (χ1) is 16.5. The topological polar surface area (TPSA) is 49.4 Å². The number of amides is 2. The van der Waals surface area contributed by atoms with Crippen molar-refractivity contribution in [2.75, 3.05) is 6.54 Å². The third kappa shape index (κ3) is 7.05. The highest BCUT2D eigenvalue weighted by atomic mass is 16.2. The van der Waals surface area contributed by atoms with Crippen LogP contribution >= 0.6 is 0 Å². The molecule has 178 valence electrons. The lowest BCUT2D eigenvalue weighted by atomic mass is 9.88. The predicted octanol–water partition coefficient (Wildman–Crippen LogP) is 5.85. The fourth-order valence-electron chi connectivity index (χ4n) is 4.22. The fourth-order valence-corrected chi connectivity index (χ4v) is 4.22. The second kappa shape index (κ2) is 12.7. The lowest BCUT2D eigenvalue weighted by Gasteiger charge is -2.30. The Hall–Kier alpha value is -3.40. The zero-order chi connectivity index (χ0) is 24.3. The van der Waals surface area contributed by atoms with Crippen LogP contribution in [0.25, 0.3) is 0 Å². The van der Waals surface area contributed by atoms with Gasteiger partial charge in [-0.1, -0.05) is 104 Å². The summed E-state index contributed by atoms with van der Waals surface area (Å²) < 4.78 is 0. The molecule has 1 atom stereocenters. The molecule has 0 aliphatic carbocycles. The summed E-state index contributed by atoms with van der Waals surface area (Å²) in [7, 11) is 0. The number of carbonyl (C=O) groups is 2. The third-order valence-corrected chi connectivity index (χ3v) is 6.21. The molecule has 3 aromatic carbocycles. The quantitative estimate of drug-likeness (QED) is 0.368. The molecule has 0 unspecified atom stereocenters. The van der Waals surface area contributed by atoms with Gasteiger partial charge in [-0.25, -0.2) is 0 Å². The molecule has 0 saturated heterocycles. The molecule has 0 saturated carbocycles. The second-order valence-electron chi connectivity index (χ2n) is 8.91. The van der Waals surface area contributed by atoms with E-state index in [9.17, 15) is 9.59 Å². The van der Waals surface area contributed by atoms with E-state index in [-0.39, 0.29) is 17.7 Å². The molecule has 1 N–H and O–H groups in total. The molecule has 0 radical (unpaired) electrons. The van der Waals surface area contributed by atoms with Crippen LogP contribution in [0.2, 0.25) is 0 Å². The van der Waals surface area contributed by atoms with Gasteiger partial charge in [0, 0.05) is 25.4 Å². The molecule has 34 heavy (non-hydrogen) atoms. The van der Waals surface area contributed by atoms with Gasteiger partial charge in [-0.3, -0.25) is 9.59 Å². The van der Waals surface area contributed by atoms with E-state index in [1.165, 1.54) is 0 Å². The predicted molar refractivity (Wildman–Crippen MR) is 138 cm³/mol. The molecular weight excluding hydrogens is 420 g/mol. The maximum absolute atomic E-state index is 13.8. The van der Waals surface area contributed by atoms with Crippen LogP contribution in [-0.4, -0.2) is 29.3 Å². The van der Waals surface area contributed by atoms with Crippen molar-refractivity contribution in [3.05, 3.63) is 107 Å². The summed E-state index contributed by atoms with van der Waals surface area (Å²) in [5.74, 6) is -0.215. The number of hydrogen-bond acceptors (Lipinski definition) is 2. The highest BCUT2D eigenvalue weighted by Gasteiger charge is 2.29. The minimum absolute atomic E-state index is 0.0302. The zero-order valence-electron chi connectivity index (χ0n) is 20.5. The van der Waals surface area contributed by atoms with E-state index in [1.807, 2.05) is 68.4 Å². The minimum atomic E-state index is -0.558. The normalized spacial score (nSPS) is 11.8. The van der Waals surface area contributed by atoms with E-state index in [0.29, 0.717) is 19.5 Å². The van der Waals surface area contributed by atoms with E-state index < -0.39 is 6.04 Å². The first kappa shape index (κ1) is 25.2. The minimum Gasteiger partial charge on any atom is -0.354 e. The van der Waals surface area contributed by atoms with Crippen molar-refractivity contribution in [2.45, 2.75) is 58.5 Å². The molecule has 3 aromatic rings. The second-order valence-corrected chi connectivity index (χ2v) is 8.91. The number of hydrogen-bond donors (Lipinski definition) is 1. The Labute approximate surface area is 204 Å². The highest BCUT2D eigenvalue weighted by molar-refractivity contribution is 5.87. The van der Waals surface area contributed by atoms with Crippen LogP contribution in [0.5, 0.6) is 0 Å². The lowest BCUT2D eigenvalue weighted by molar-refractivity contribution is -0.140. The van der Waals surface area contributed by atoms with E-state index in [4.69, 9.17) is 0 Å². The van der Waals surface area contributed by atoms with Gasteiger partial charge in [-0.05, 0) is 37.0 Å². The molecule has 0 bridgehead atoms. The lowest BCUT2D eigenvalue weighted by Crippen LogP contribution is -2.48. The monoisotopic (exact) mass is 456 g/mol. The van der Waals surface area contributed by atoms with Gasteiger partial charge >= 0.3 is 0 Å². The number of unbranched alkanes of at least 4 members (excludes halogenated alkanes) is 1. The molecule has 0 aromatic heterocycles. The fraction of sp³-hybridized carbons (Fsp3) is 0.333. The summed E-state index contributed by atoms with van der Waals surface area (Å²) in [5, 5.41) is 3.00. The van der Waals surface area contributed by atoms with Gasteiger partial charge in [0.25, 0.3) is 0 Å². The van der Waals surface area contributed by atoms with Crippen LogP contribution in [0, 0.1) is 6.92 Å². The number of rotatable bonds is 11. The average Bonchev–Trinajstić information content (AvgIpc) is 2.86. The first-order valence-electron chi connectivity index (χ1n) is 12.2.